The van der Waals surface area contributed by atoms with Crippen LogP contribution < -0.4 is 15.8 Å². The summed E-state index contributed by atoms with van der Waals surface area (Å²) in [7, 11) is 3.33. The maximum atomic E-state index is 5.87. The molecule has 0 bridgehead atoms. The Morgan fingerprint density at radius 2 is 1.87 bits per heavy atom. The summed E-state index contributed by atoms with van der Waals surface area (Å²) in [4.78, 5) is 4.36. The molecule has 5 nitrogen and oxygen atoms in total. The lowest BCUT2D eigenvalue weighted by Crippen LogP contribution is -2.40. The molecule has 0 saturated carbocycles. The molecule has 0 saturated heterocycles. The predicted molar refractivity (Wildman–Crippen MR) is 106 cm³/mol. The van der Waals surface area contributed by atoms with Gasteiger partial charge in [-0.2, -0.15) is 0 Å². The topological polar surface area (TPSA) is 68.9 Å². The first-order chi connectivity index (χ1) is 10.6. The van der Waals surface area contributed by atoms with Crippen molar-refractivity contribution < 1.29 is 9.47 Å². The first-order valence-corrected chi connectivity index (χ1v) is 7.24. The molecule has 126 valence electrons. The van der Waals surface area contributed by atoms with E-state index >= 15 is 0 Å². The Labute approximate surface area is 154 Å². The number of nitrogens with one attached hydrogen (secondary N) is 1. The SMILES string of the molecule is COCC(C)NC(N)=NCc1ccc2cc(OC)ccc2c1.I. The molecule has 0 aliphatic carbocycles. The Balaban J connectivity index is 0.00000264. The van der Waals surface area contributed by atoms with Gasteiger partial charge in [0.25, 0.3) is 0 Å². The van der Waals surface area contributed by atoms with Gasteiger partial charge in [0.15, 0.2) is 5.96 Å². The molecule has 23 heavy (non-hydrogen) atoms. The summed E-state index contributed by atoms with van der Waals surface area (Å²) in [5.41, 5.74) is 6.98. The van der Waals surface area contributed by atoms with Crippen molar-refractivity contribution in [2.45, 2.75) is 19.5 Å². The maximum Gasteiger partial charge on any atom is 0.189 e. The van der Waals surface area contributed by atoms with Crippen LogP contribution in [0.2, 0.25) is 0 Å². The largest absolute Gasteiger partial charge is 0.497 e. The highest BCUT2D eigenvalue weighted by Gasteiger charge is 2.02. The van der Waals surface area contributed by atoms with Gasteiger partial charge in [-0.1, -0.05) is 18.2 Å². The van der Waals surface area contributed by atoms with Crippen molar-refractivity contribution in [3.63, 3.8) is 0 Å². The van der Waals surface area contributed by atoms with Gasteiger partial charge in [0, 0.05) is 13.2 Å². The summed E-state index contributed by atoms with van der Waals surface area (Å²) in [6.07, 6.45) is 0. The Morgan fingerprint density at radius 1 is 1.17 bits per heavy atom. The Kier molecular flexibility index (Phi) is 8.11. The number of fused-ring (bicyclic) bond motifs is 1. The van der Waals surface area contributed by atoms with Crippen molar-refractivity contribution >= 4 is 40.7 Å². The predicted octanol–water partition coefficient (Wildman–Crippen LogP) is 2.91. The number of benzene rings is 2. The molecule has 1 atom stereocenters. The molecule has 2 aromatic carbocycles. The van der Waals surface area contributed by atoms with Crippen molar-refractivity contribution in [3.05, 3.63) is 42.0 Å². The molecular formula is C17H24IN3O2. The number of aliphatic imine (C=N–C) groups is 1. The number of nitrogens with two attached hydrogens (primary N) is 1. The molecule has 0 aliphatic heterocycles. The van der Waals surface area contributed by atoms with Crippen LogP contribution in [0.5, 0.6) is 5.75 Å². The summed E-state index contributed by atoms with van der Waals surface area (Å²) >= 11 is 0. The molecule has 0 amide bonds. The van der Waals surface area contributed by atoms with E-state index in [0.29, 0.717) is 19.1 Å². The van der Waals surface area contributed by atoms with Gasteiger partial charge in [-0.3, -0.25) is 0 Å². The van der Waals surface area contributed by atoms with Crippen LogP contribution in [0, 0.1) is 0 Å². The molecular weight excluding hydrogens is 405 g/mol. The lowest BCUT2D eigenvalue weighted by molar-refractivity contribution is 0.179. The van der Waals surface area contributed by atoms with E-state index < -0.39 is 0 Å². The average molecular weight is 429 g/mol. The second kappa shape index (κ2) is 9.57. The lowest BCUT2D eigenvalue weighted by atomic mass is 10.1. The average Bonchev–Trinajstić information content (AvgIpc) is 2.52. The highest BCUT2D eigenvalue weighted by molar-refractivity contribution is 14.0. The number of halogens is 1. The van der Waals surface area contributed by atoms with Gasteiger partial charge in [-0.05, 0) is 41.5 Å². The van der Waals surface area contributed by atoms with Gasteiger partial charge in [-0.25, -0.2) is 4.99 Å². The standard InChI is InChI=1S/C17H23N3O2.HI/c1-12(11-21-2)20-17(18)19-10-13-4-5-15-9-16(22-3)7-6-14(15)8-13;/h4-9,12H,10-11H2,1-3H3,(H3,18,19,20);1H. The number of guanidine groups is 1. The zero-order chi connectivity index (χ0) is 15.9. The summed E-state index contributed by atoms with van der Waals surface area (Å²) in [6, 6.07) is 12.4. The number of ether oxygens (including phenoxy) is 2. The molecule has 3 N–H and O–H groups in total. The summed E-state index contributed by atoms with van der Waals surface area (Å²) in [6.45, 7) is 3.13. The minimum Gasteiger partial charge on any atom is -0.497 e. The molecule has 0 aromatic heterocycles. The quantitative estimate of drug-likeness (QED) is 0.421. The fourth-order valence-electron chi connectivity index (χ4n) is 2.26. The Morgan fingerprint density at radius 3 is 2.57 bits per heavy atom. The third kappa shape index (κ3) is 5.87. The van der Waals surface area contributed by atoms with Crippen molar-refractivity contribution in [2.75, 3.05) is 20.8 Å². The molecule has 2 aromatic rings. The zero-order valence-electron chi connectivity index (χ0n) is 13.7. The molecule has 0 spiro atoms. The Hall–Kier alpha value is -1.54. The highest BCUT2D eigenvalue weighted by Crippen LogP contribution is 2.22. The van der Waals surface area contributed by atoms with E-state index in [4.69, 9.17) is 15.2 Å². The molecule has 0 aliphatic rings. The third-order valence-corrected chi connectivity index (χ3v) is 3.35. The number of hydrogen-bond acceptors (Lipinski definition) is 3. The van der Waals surface area contributed by atoms with Crippen LogP contribution in [-0.4, -0.2) is 32.8 Å². The van der Waals surface area contributed by atoms with E-state index in [1.807, 2.05) is 25.1 Å². The van der Waals surface area contributed by atoms with Gasteiger partial charge in [0.05, 0.1) is 20.3 Å². The van der Waals surface area contributed by atoms with Gasteiger partial charge in [0.1, 0.15) is 5.75 Å². The fraction of sp³-hybridized carbons (Fsp3) is 0.353. The Bertz CT molecular complexity index is 661. The van der Waals surface area contributed by atoms with Crippen LogP contribution in [0.25, 0.3) is 10.8 Å². The van der Waals surface area contributed by atoms with Gasteiger partial charge >= 0.3 is 0 Å². The van der Waals surface area contributed by atoms with Crippen LogP contribution in [0.15, 0.2) is 41.4 Å². The summed E-state index contributed by atoms with van der Waals surface area (Å²) < 4.78 is 10.3. The number of rotatable bonds is 6. The van der Waals surface area contributed by atoms with Gasteiger partial charge in [0.2, 0.25) is 0 Å². The van der Waals surface area contributed by atoms with Gasteiger partial charge in [-0.15, -0.1) is 24.0 Å². The molecule has 2 rings (SSSR count). The first-order valence-electron chi connectivity index (χ1n) is 7.24. The summed E-state index contributed by atoms with van der Waals surface area (Å²) in [5, 5.41) is 5.39. The molecule has 0 heterocycles. The number of methoxy groups -OCH3 is 2. The third-order valence-electron chi connectivity index (χ3n) is 3.35. The van der Waals surface area contributed by atoms with E-state index in [0.717, 1.165) is 22.1 Å². The van der Waals surface area contributed by atoms with Crippen molar-refractivity contribution in [2.24, 2.45) is 10.7 Å². The van der Waals surface area contributed by atoms with Crippen LogP contribution in [0.4, 0.5) is 0 Å². The second-order valence-corrected chi connectivity index (χ2v) is 5.25. The zero-order valence-corrected chi connectivity index (χ0v) is 16.0. The molecule has 0 fully saturated rings. The monoisotopic (exact) mass is 429 g/mol. The van der Waals surface area contributed by atoms with E-state index in [2.05, 4.69) is 28.5 Å². The van der Waals surface area contributed by atoms with Crippen LogP contribution in [0.1, 0.15) is 12.5 Å². The second-order valence-electron chi connectivity index (χ2n) is 5.25. The first kappa shape index (κ1) is 19.5. The van der Waals surface area contributed by atoms with Crippen LogP contribution in [-0.2, 0) is 11.3 Å². The summed E-state index contributed by atoms with van der Waals surface area (Å²) in [5.74, 6) is 1.29. The van der Waals surface area contributed by atoms with Crippen molar-refractivity contribution in [3.8, 4) is 5.75 Å². The number of nitrogens with zero attached hydrogens (tertiary/aromatic N) is 1. The minimum absolute atomic E-state index is 0. The van der Waals surface area contributed by atoms with E-state index in [1.165, 1.54) is 0 Å². The van der Waals surface area contributed by atoms with E-state index in [9.17, 15) is 0 Å². The molecule has 6 heteroatoms. The van der Waals surface area contributed by atoms with Crippen LogP contribution >= 0.6 is 24.0 Å². The maximum absolute atomic E-state index is 5.87. The normalized spacial score (nSPS) is 12.6. The lowest BCUT2D eigenvalue weighted by Gasteiger charge is -2.13. The highest BCUT2D eigenvalue weighted by atomic mass is 127. The van der Waals surface area contributed by atoms with E-state index in [1.54, 1.807) is 14.2 Å². The molecule has 0 radical (unpaired) electrons. The van der Waals surface area contributed by atoms with Crippen molar-refractivity contribution in [1.29, 1.82) is 0 Å². The molecule has 1 unspecified atom stereocenters. The fourth-order valence-corrected chi connectivity index (χ4v) is 2.26. The minimum atomic E-state index is 0. The smallest absolute Gasteiger partial charge is 0.189 e. The number of hydrogen-bond donors (Lipinski definition) is 2. The van der Waals surface area contributed by atoms with Crippen LogP contribution in [0.3, 0.4) is 0 Å². The van der Waals surface area contributed by atoms with Crippen molar-refractivity contribution in [1.82, 2.24) is 5.32 Å². The van der Waals surface area contributed by atoms with Gasteiger partial charge < -0.3 is 20.5 Å². The van der Waals surface area contributed by atoms with E-state index in [-0.39, 0.29) is 30.0 Å².